The van der Waals surface area contributed by atoms with Crippen molar-refractivity contribution < 1.29 is 14.3 Å². The molecule has 0 bridgehead atoms. The molecule has 1 aromatic heterocycles. The number of carbonyl (C=O) groups excluding carboxylic acids is 2. The number of thioether (sulfide) groups is 1. The molecule has 19 heavy (non-hydrogen) atoms. The Morgan fingerprint density at radius 2 is 2.37 bits per heavy atom. The van der Waals surface area contributed by atoms with E-state index in [2.05, 4.69) is 15.0 Å². The summed E-state index contributed by atoms with van der Waals surface area (Å²) in [6.07, 6.45) is 1.34. The average molecular weight is 283 g/mol. The summed E-state index contributed by atoms with van der Waals surface area (Å²) in [5.74, 6) is -0.149. The lowest BCUT2D eigenvalue weighted by molar-refractivity contribution is -0.140. The molecular formula is C11H13N3O4S. The van der Waals surface area contributed by atoms with E-state index in [-0.39, 0.29) is 24.1 Å². The van der Waals surface area contributed by atoms with E-state index in [1.165, 1.54) is 29.6 Å². The summed E-state index contributed by atoms with van der Waals surface area (Å²) in [7, 11) is 1.28. The molecule has 2 rings (SSSR count). The number of ether oxygens (including phenoxy) is 1. The molecule has 1 N–H and O–H groups in total. The summed E-state index contributed by atoms with van der Waals surface area (Å²) in [4.78, 5) is 38.8. The van der Waals surface area contributed by atoms with Crippen LogP contribution in [0.5, 0.6) is 0 Å². The Kier molecular flexibility index (Phi) is 4.20. The quantitative estimate of drug-likeness (QED) is 0.599. The molecule has 1 aliphatic rings. The van der Waals surface area contributed by atoms with E-state index >= 15 is 0 Å². The van der Waals surface area contributed by atoms with E-state index in [9.17, 15) is 14.4 Å². The van der Waals surface area contributed by atoms with Crippen molar-refractivity contribution in [2.75, 3.05) is 19.4 Å². The molecule has 0 unspecified atom stereocenters. The first-order valence-electron chi connectivity index (χ1n) is 5.71. The largest absolute Gasteiger partial charge is 0.469 e. The normalized spacial score (nSPS) is 12.9. The van der Waals surface area contributed by atoms with Gasteiger partial charge in [-0.2, -0.15) is 0 Å². The SMILES string of the molecule is COC(=O)CCNC(=O)c1cnc2n(c1=O)CCS2. The fourth-order valence-corrected chi connectivity index (χ4v) is 2.56. The molecule has 1 aliphatic heterocycles. The van der Waals surface area contributed by atoms with Crippen molar-refractivity contribution in [2.45, 2.75) is 18.1 Å². The van der Waals surface area contributed by atoms with Gasteiger partial charge < -0.3 is 10.1 Å². The van der Waals surface area contributed by atoms with Crippen molar-refractivity contribution in [3.8, 4) is 0 Å². The van der Waals surface area contributed by atoms with E-state index in [0.717, 1.165) is 5.75 Å². The number of nitrogens with zero attached hydrogens (tertiary/aromatic N) is 2. The number of hydrogen-bond acceptors (Lipinski definition) is 6. The lowest BCUT2D eigenvalue weighted by atomic mass is 10.3. The van der Waals surface area contributed by atoms with Crippen molar-refractivity contribution in [3.05, 3.63) is 22.1 Å². The second-order valence-electron chi connectivity index (χ2n) is 3.84. The molecule has 0 spiro atoms. The van der Waals surface area contributed by atoms with E-state index in [1.807, 2.05) is 0 Å². The fraction of sp³-hybridized carbons (Fsp3) is 0.455. The van der Waals surface area contributed by atoms with Crippen molar-refractivity contribution in [2.24, 2.45) is 0 Å². The minimum atomic E-state index is -0.520. The monoisotopic (exact) mass is 283 g/mol. The second-order valence-corrected chi connectivity index (χ2v) is 4.90. The number of rotatable bonds is 4. The Morgan fingerprint density at radius 3 is 3.11 bits per heavy atom. The van der Waals surface area contributed by atoms with Gasteiger partial charge in [-0.05, 0) is 0 Å². The Bertz CT molecular complexity index is 570. The third-order valence-corrected chi connectivity index (χ3v) is 3.61. The van der Waals surface area contributed by atoms with Crippen LogP contribution in [-0.2, 0) is 16.1 Å². The van der Waals surface area contributed by atoms with Crippen LogP contribution in [0.4, 0.5) is 0 Å². The van der Waals surface area contributed by atoms with Gasteiger partial charge in [0, 0.05) is 25.0 Å². The zero-order valence-corrected chi connectivity index (χ0v) is 11.2. The van der Waals surface area contributed by atoms with Crippen LogP contribution >= 0.6 is 11.8 Å². The molecule has 0 aliphatic carbocycles. The van der Waals surface area contributed by atoms with E-state index < -0.39 is 11.9 Å². The van der Waals surface area contributed by atoms with Crippen LogP contribution < -0.4 is 10.9 Å². The first-order chi connectivity index (χ1) is 9.13. The summed E-state index contributed by atoms with van der Waals surface area (Å²) in [5.41, 5.74) is -0.346. The van der Waals surface area contributed by atoms with Gasteiger partial charge in [0.25, 0.3) is 11.5 Å². The van der Waals surface area contributed by atoms with Gasteiger partial charge in [0.05, 0.1) is 13.5 Å². The third kappa shape index (κ3) is 2.95. The number of carbonyl (C=O) groups is 2. The summed E-state index contributed by atoms with van der Waals surface area (Å²) in [6.45, 7) is 0.691. The van der Waals surface area contributed by atoms with E-state index in [1.54, 1.807) is 0 Å². The van der Waals surface area contributed by atoms with Gasteiger partial charge in [0.2, 0.25) is 0 Å². The number of amides is 1. The maximum absolute atomic E-state index is 12.0. The molecule has 0 aromatic carbocycles. The molecule has 0 radical (unpaired) electrons. The molecule has 0 saturated carbocycles. The number of esters is 1. The lowest BCUT2D eigenvalue weighted by Gasteiger charge is -2.06. The standard InChI is InChI=1S/C11H13N3O4S/c1-18-8(15)2-3-12-9(16)7-6-13-11-14(10(7)17)4-5-19-11/h6H,2-5H2,1H3,(H,12,16). The highest BCUT2D eigenvalue weighted by Crippen LogP contribution is 2.20. The van der Waals surface area contributed by atoms with Crippen LogP contribution in [0.15, 0.2) is 16.1 Å². The Morgan fingerprint density at radius 1 is 1.58 bits per heavy atom. The minimum absolute atomic E-state index is 0.00360. The van der Waals surface area contributed by atoms with Crippen LogP contribution in [0.3, 0.4) is 0 Å². The average Bonchev–Trinajstić information content (AvgIpc) is 2.88. The van der Waals surface area contributed by atoms with Crippen molar-refractivity contribution in [3.63, 3.8) is 0 Å². The van der Waals surface area contributed by atoms with Gasteiger partial charge >= 0.3 is 5.97 Å². The Labute approximate surface area is 113 Å². The van der Waals surface area contributed by atoms with Gasteiger partial charge in [0.15, 0.2) is 5.16 Å². The first kappa shape index (κ1) is 13.6. The maximum atomic E-state index is 12.0. The zero-order valence-electron chi connectivity index (χ0n) is 10.3. The molecule has 0 atom stereocenters. The molecular weight excluding hydrogens is 270 g/mol. The predicted molar refractivity (Wildman–Crippen MR) is 68.2 cm³/mol. The number of hydrogen-bond donors (Lipinski definition) is 1. The summed E-state index contributed by atoms with van der Waals surface area (Å²) < 4.78 is 5.94. The van der Waals surface area contributed by atoms with Crippen LogP contribution in [-0.4, -0.2) is 40.8 Å². The van der Waals surface area contributed by atoms with Crippen molar-refractivity contribution in [1.82, 2.24) is 14.9 Å². The maximum Gasteiger partial charge on any atom is 0.307 e. The molecule has 2 heterocycles. The Balaban J connectivity index is 2.04. The second kappa shape index (κ2) is 5.87. The molecule has 7 nitrogen and oxygen atoms in total. The summed E-state index contributed by atoms with van der Waals surface area (Å²) in [5, 5.41) is 3.13. The van der Waals surface area contributed by atoms with Gasteiger partial charge in [-0.3, -0.25) is 19.0 Å². The van der Waals surface area contributed by atoms with Gasteiger partial charge in [-0.1, -0.05) is 11.8 Å². The highest BCUT2D eigenvalue weighted by molar-refractivity contribution is 7.99. The molecule has 1 aromatic rings. The summed E-state index contributed by atoms with van der Waals surface area (Å²) >= 11 is 1.49. The summed E-state index contributed by atoms with van der Waals surface area (Å²) in [6, 6.07) is 0. The predicted octanol–water partition coefficient (Wildman–Crippen LogP) is -0.358. The minimum Gasteiger partial charge on any atom is -0.469 e. The molecule has 8 heteroatoms. The fourth-order valence-electron chi connectivity index (χ4n) is 1.65. The Hall–Kier alpha value is -1.83. The van der Waals surface area contributed by atoms with Crippen LogP contribution in [0.25, 0.3) is 0 Å². The number of nitrogens with one attached hydrogen (secondary N) is 1. The smallest absolute Gasteiger partial charge is 0.307 e. The number of methoxy groups -OCH3 is 1. The van der Waals surface area contributed by atoms with Crippen molar-refractivity contribution >= 4 is 23.6 Å². The number of aromatic nitrogens is 2. The third-order valence-electron chi connectivity index (χ3n) is 2.64. The first-order valence-corrected chi connectivity index (χ1v) is 6.69. The molecule has 0 saturated heterocycles. The van der Waals surface area contributed by atoms with E-state index in [4.69, 9.17) is 0 Å². The van der Waals surface area contributed by atoms with Gasteiger partial charge in [-0.15, -0.1) is 0 Å². The molecule has 1 amide bonds. The van der Waals surface area contributed by atoms with Gasteiger partial charge in [-0.25, -0.2) is 4.98 Å². The lowest BCUT2D eigenvalue weighted by Crippen LogP contribution is -2.34. The molecule has 0 fully saturated rings. The van der Waals surface area contributed by atoms with Crippen LogP contribution in [0.1, 0.15) is 16.8 Å². The van der Waals surface area contributed by atoms with Gasteiger partial charge in [0.1, 0.15) is 5.56 Å². The topological polar surface area (TPSA) is 90.3 Å². The highest BCUT2D eigenvalue weighted by Gasteiger charge is 2.19. The zero-order chi connectivity index (χ0) is 13.8. The van der Waals surface area contributed by atoms with Crippen LogP contribution in [0.2, 0.25) is 0 Å². The highest BCUT2D eigenvalue weighted by atomic mass is 32.2. The number of fused-ring (bicyclic) bond motifs is 1. The van der Waals surface area contributed by atoms with E-state index in [0.29, 0.717) is 11.7 Å². The van der Waals surface area contributed by atoms with Crippen LogP contribution in [0, 0.1) is 0 Å². The molecule has 102 valence electrons. The van der Waals surface area contributed by atoms with Crippen molar-refractivity contribution in [1.29, 1.82) is 0 Å².